The molecule has 0 aromatic carbocycles. The van der Waals surface area contributed by atoms with E-state index in [1.807, 2.05) is 39.0 Å². The van der Waals surface area contributed by atoms with Crippen LogP contribution in [0.3, 0.4) is 0 Å². The second-order valence-corrected chi connectivity index (χ2v) is 6.48. The maximum absolute atomic E-state index is 6.07. The molecular weight excluding hydrogens is 326 g/mol. The van der Waals surface area contributed by atoms with Gasteiger partial charge in [-0.1, -0.05) is 27.7 Å². The van der Waals surface area contributed by atoms with Gasteiger partial charge >= 0.3 is 0 Å². The molecule has 0 saturated heterocycles. The molecule has 140 valence electrons. The number of hydrogen-bond acceptors (Lipinski definition) is 5. The average molecular weight is 355 g/mol. The fourth-order valence-corrected chi connectivity index (χ4v) is 2.77. The van der Waals surface area contributed by atoms with Gasteiger partial charge in [-0.05, 0) is 31.4 Å². The number of aromatic nitrogens is 4. The molecular formula is C20H29N5O. The number of nitrogens with two attached hydrogens (primary N) is 1. The van der Waals surface area contributed by atoms with E-state index in [-0.39, 0.29) is 6.04 Å². The zero-order valence-corrected chi connectivity index (χ0v) is 16.3. The molecule has 26 heavy (non-hydrogen) atoms. The van der Waals surface area contributed by atoms with Crippen molar-refractivity contribution >= 4 is 5.65 Å². The van der Waals surface area contributed by atoms with Crippen molar-refractivity contribution in [3.05, 3.63) is 42.4 Å². The second-order valence-electron chi connectivity index (χ2n) is 6.48. The smallest absolute Gasteiger partial charge is 0.216 e. The number of nitrogens with zero attached hydrogens (tertiary/aromatic N) is 4. The Morgan fingerprint density at radius 2 is 1.92 bits per heavy atom. The van der Waals surface area contributed by atoms with Crippen LogP contribution >= 0.6 is 0 Å². The molecule has 1 unspecified atom stereocenters. The summed E-state index contributed by atoms with van der Waals surface area (Å²) in [6.45, 7) is 10.8. The highest BCUT2D eigenvalue weighted by Gasteiger charge is 2.11. The maximum atomic E-state index is 6.07. The molecule has 0 aliphatic carbocycles. The van der Waals surface area contributed by atoms with E-state index in [2.05, 4.69) is 28.9 Å². The third-order valence-electron chi connectivity index (χ3n) is 3.82. The van der Waals surface area contributed by atoms with Crippen LogP contribution in [0.15, 0.2) is 36.8 Å². The van der Waals surface area contributed by atoms with Crippen LogP contribution in [0.25, 0.3) is 16.9 Å². The molecule has 6 nitrogen and oxygen atoms in total. The minimum atomic E-state index is 0.0229. The SMILES string of the molecule is CC.Cc1cc(-c2ccnc3ccnn23)cnc1OCC(N)CC(C)C. The van der Waals surface area contributed by atoms with Crippen LogP contribution in [0.2, 0.25) is 0 Å². The molecule has 3 aromatic heterocycles. The first-order valence-corrected chi connectivity index (χ1v) is 9.18. The van der Waals surface area contributed by atoms with E-state index < -0.39 is 0 Å². The largest absolute Gasteiger partial charge is 0.476 e. The van der Waals surface area contributed by atoms with Crippen molar-refractivity contribution < 1.29 is 4.74 Å². The van der Waals surface area contributed by atoms with E-state index in [0.717, 1.165) is 28.9 Å². The molecule has 3 aromatic rings. The third-order valence-corrected chi connectivity index (χ3v) is 3.82. The molecule has 0 amide bonds. The van der Waals surface area contributed by atoms with Crippen molar-refractivity contribution in [2.45, 2.75) is 47.1 Å². The summed E-state index contributed by atoms with van der Waals surface area (Å²) < 4.78 is 7.59. The van der Waals surface area contributed by atoms with E-state index in [1.54, 1.807) is 23.1 Å². The Balaban J connectivity index is 0.00000117. The molecule has 1 atom stereocenters. The molecule has 0 radical (unpaired) electrons. The fourth-order valence-electron chi connectivity index (χ4n) is 2.77. The molecule has 0 spiro atoms. The molecule has 0 bridgehead atoms. The lowest BCUT2D eigenvalue weighted by atomic mass is 10.1. The van der Waals surface area contributed by atoms with Crippen molar-refractivity contribution in [3.8, 4) is 17.1 Å². The third kappa shape index (κ3) is 4.79. The van der Waals surface area contributed by atoms with Crippen LogP contribution in [0.4, 0.5) is 0 Å². The average Bonchev–Trinajstić information content (AvgIpc) is 3.10. The van der Waals surface area contributed by atoms with Crippen LogP contribution in [0.5, 0.6) is 5.88 Å². The van der Waals surface area contributed by atoms with Gasteiger partial charge in [0, 0.05) is 35.6 Å². The highest BCUT2D eigenvalue weighted by molar-refractivity contribution is 5.62. The van der Waals surface area contributed by atoms with Crippen molar-refractivity contribution in [3.63, 3.8) is 0 Å². The van der Waals surface area contributed by atoms with Gasteiger partial charge in [0.15, 0.2) is 5.65 Å². The van der Waals surface area contributed by atoms with Gasteiger partial charge in [0.1, 0.15) is 6.61 Å². The standard InChI is InChI=1S/C18H23N5O.C2H6/c1-12(2)8-15(19)11-24-18-13(3)9-14(10-21-18)16-4-6-20-17-5-7-22-23(16)17;1-2/h4-7,9-10,12,15H,8,11,19H2,1-3H3;1-2H3. The first-order chi connectivity index (χ1) is 12.5. The van der Waals surface area contributed by atoms with Crippen molar-refractivity contribution in [1.82, 2.24) is 19.6 Å². The van der Waals surface area contributed by atoms with Crippen molar-refractivity contribution in [2.75, 3.05) is 6.61 Å². The van der Waals surface area contributed by atoms with E-state index in [9.17, 15) is 0 Å². The Hall–Kier alpha value is -2.47. The topological polar surface area (TPSA) is 78.3 Å². The molecule has 0 aliphatic rings. The number of fused-ring (bicyclic) bond motifs is 1. The zero-order valence-electron chi connectivity index (χ0n) is 16.3. The summed E-state index contributed by atoms with van der Waals surface area (Å²) in [7, 11) is 0. The Morgan fingerprint density at radius 1 is 1.15 bits per heavy atom. The Kier molecular flexibility index (Phi) is 7.09. The Labute approximate surface area is 155 Å². The highest BCUT2D eigenvalue weighted by Crippen LogP contribution is 2.24. The molecule has 0 saturated carbocycles. The lowest BCUT2D eigenvalue weighted by molar-refractivity contribution is 0.260. The van der Waals surface area contributed by atoms with Gasteiger partial charge in [-0.2, -0.15) is 5.10 Å². The highest BCUT2D eigenvalue weighted by atomic mass is 16.5. The first-order valence-electron chi connectivity index (χ1n) is 9.18. The predicted molar refractivity (Wildman–Crippen MR) is 105 cm³/mol. The van der Waals surface area contributed by atoms with Crippen LogP contribution in [-0.2, 0) is 0 Å². The monoisotopic (exact) mass is 355 g/mol. The zero-order chi connectivity index (χ0) is 19.1. The van der Waals surface area contributed by atoms with E-state index >= 15 is 0 Å². The summed E-state index contributed by atoms with van der Waals surface area (Å²) >= 11 is 0. The summed E-state index contributed by atoms with van der Waals surface area (Å²) in [4.78, 5) is 8.74. The van der Waals surface area contributed by atoms with E-state index in [4.69, 9.17) is 10.5 Å². The molecule has 0 aliphatic heterocycles. The van der Waals surface area contributed by atoms with Crippen LogP contribution in [0.1, 0.15) is 39.7 Å². The minimum Gasteiger partial charge on any atom is -0.476 e. The molecule has 2 N–H and O–H groups in total. The summed E-state index contributed by atoms with van der Waals surface area (Å²) in [5.41, 5.74) is 9.78. The molecule has 3 rings (SSSR count). The number of pyridine rings is 1. The second kappa shape index (κ2) is 9.29. The van der Waals surface area contributed by atoms with Crippen molar-refractivity contribution in [1.29, 1.82) is 0 Å². The van der Waals surface area contributed by atoms with Crippen LogP contribution in [0, 0.1) is 12.8 Å². The summed E-state index contributed by atoms with van der Waals surface area (Å²) in [6, 6.07) is 5.87. The maximum Gasteiger partial charge on any atom is 0.216 e. The number of hydrogen-bond donors (Lipinski definition) is 1. The fraction of sp³-hybridized carbons (Fsp3) is 0.450. The quantitative estimate of drug-likeness (QED) is 0.726. The van der Waals surface area contributed by atoms with Gasteiger partial charge < -0.3 is 10.5 Å². The lowest BCUT2D eigenvalue weighted by Gasteiger charge is -2.16. The molecule has 3 heterocycles. The Bertz CT molecular complexity index is 828. The van der Waals surface area contributed by atoms with Gasteiger partial charge in [0.2, 0.25) is 5.88 Å². The van der Waals surface area contributed by atoms with Crippen molar-refractivity contribution in [2.24, 2.45) is 11.7 Å². The summed E-state index contributed by atoms with van der Waals surface area (Å²) in [5, 5.41) is 4.31. The van der Waals surface area contributed by atoms with Gasteiger partial charge in [-0.3, -0.25) is 0 Å². The van der Waals surface area contributed by atoms with Gasteiger partial charge in [-0.25, -0.2) is 14.5 Å². The van der Waals surface area contributed by atoms with Crippen LogP contribution < -0.4 is 10.5 Å². The lowest BCUT2D eigenvalue weighted by Crippen LogP contribution is -2.29. The Morgan fingerprint density at radius 3 is 2.62 bits per heavy atom. The summed E-state index contributed by atoms with van der Waals surface area (Å²) in [5.74, 6) is 1.19. The van der Waals surface area contributed by atoms with E-state index in [1.165, 1.54) is 0 Å². The minimum absolute atomic E-state index is 0.0229. The van der Waals surface area contributed by atoms with E-state index in [0.29, 0.717) is 18.4 Å². The molecule has 0 fully saturated rings. The predicted octanol–water partition coefficient (Wildman–Crippen LogP) is 3.88. The summed E-state index contributed by atoms with van der Waals surface area (Å²) in [6.07, 6.45) is 6.24. The number of aryl methyl sites for hydroxylation is 1. The van der Waals surface area contributed by atoms with Gasteiger partial charge in [0.05, 0.1) is 11.9 Å². The van der Waals surface area contributed by atoms with Gasteiger partial charge in [0.25, 0.3) is 0 Å². The van der Waals surface area contributed by atoms with Gasteiger partial charge in [-0.15, -0.1) is 0 Å². The normalized spacial score (nSPS) is 12.0. The number of rotatable bonds is 6. The first kappa shape index (κ1) is 19.8. The number of ether oxygens (including phenoxy) is 1. The van der Waals surface area contributed by atoms with Crippen LogP contribution in [-0.4, -0.2) is 32.2 Å². The molecule has 6 heteroatoms.